The van der Waals surface area contributed by atoms with Gasteiger partial charge in [0.15, 0.2) is 11.5 Å². The van der Waals surface area contributed by atoms with Gasteiger partial charge < -0.3 is 23.5 Å². The van der Waals surface area contributed by atoms with Crippen molar-refractivity contribution >= 4 is 34.2 Å². The number of hydrogen-bond donors (Lipinski definition) is 0. The van der Waals surface area contributed by atoms with Crippen LogP contribution in [0.3, 0.4) is 0 Å². The molecule has 176 valence electrons. The van der Waals surface area contributed by atoms with Crippen LogP contribution in [0.2, 0.25) is 5.02 Å². The van der Waals surface area contributed by atoms with Crippen LogP contribution in [0.1, 0.15) is 17.0 Å². The third kappa shape index (κ3) is 5.74. The fraction of sp³-hybridized carbons (Fsp3) is 0.200. The molecule has 1 heterocycles. The zero-order valence-electron chi connectivity index (χ0n) is 18.6. The lowest BCUT2D eigenvalue weighted by atomic mass is 10.1. The van der Waals surface area contributed by atoms with Crippen LogP contribution in [0.4, 0.5) is 0 Å². The number of aromatic nitrogens is 2. The van der Waals surface area contributed by atoms with E-state index in [1.54, 1.807) is 26.4 Å². The second kappa shape index (κ2) is 11.4. The van der Waals surface area contributed by atoms with Gasteiger partial charge in [0.2, 0.25) is 11.7 Å². The van der Waals surface area contributed by atoms with Crippen molar-refractivity contribution < 1.29 is 23.5 Å². The summed E-state index contributed by atoms with van der Waals surface area (Å²) in [5.74, 6) is 3.39. The molecule has 7 nitrogen and oxygen atoms in total. The summed E-state index contributed by atoms with van der Waals surface area (Å²) in [5, 5.41) is 4.39. The van der Waals surface area contributed by atoms with E-state index in [0.717, 1.165) is 22.6 Å². The SMILES string of the molecule is COc1ccc(COc2ccc(-c3noc(CI)n3)c(Cl)c2OCc2ccc(OC)cc2)cc1. The molecule has 34 heavy (non-hydrogen) atoms. The molecule has 0 aliphatic rings. The van der Waals surface area contributed by atoms with Gasteiger partial charge in [-0.15, -0.1) is 0 Å². The number of methoxy groups -OCH3 is 2. The molecule has 0 saturated carbocycles. The minimum Gasteiger partial charge on any atom is -0.497 e. The Morgan fingerprint density at radius 2 is 1.41 bits per heavy atom. The van der Waals surface area contributed by atoms with E-state index >= 15 is 0 Å². The van der Waals surface area contributed by atoms with Gasteiger partial charge in [-0.2, -0.15) is 4.98 Å². The number of rotatable bonds is 10. The zero-order chi connectivity index (χ0) is 23.9. The maximum Gasteiger partial charge on any atom is 0.236 e. The van der Waals surface area contributed by atoms with Gasteiger partial charge in [0, 0.05) is 5.56 Å². The van der Waals surface area contributed by atoms with Crippen LogP contribution in [0.25, 0.3) is 11.4 Å². The van der Waals surface area contributed by atoms with E-state index in [1.807, 2.05) is 48.5 Å². The molecular formula is C25H22ClIN2O5. The molecule has 0 saturated heterocycles. The van der Waals surface area contributed by atoms with E-state index in [-0.39, 0.29) is 6.61 Å². The van der Waals surface area contributed by atoms with Crippen LogP contribution in [0.15, 0.2) is 65.2 Å². The molecule has 0 unspecified atom stereocenters. The van der Waals surface area contributed by atoms with E-state index in [2.05, 4.69) is 32.7 Å². The Labute approximate surface area is 216 Å². The summed E-state index contributed by atoms with van der Waals surface area (Å²) in [6.45, 7) is 0.622. The first-order chi connectivity index (χ1) is 16.6. The van der Waals surface area contributed by atoms with Crippen molar-refractivity contribution in [1.29, 1.82) is 0 Å². The highest BCUT2D eigenvalue weighted by atomic mass is 127. The first-order valence-electron chi connectivity index (χ1n) is 10.3. The minimum absolute atomic E-state index is 0.289. The molecule has 0 aliphatic carbocycles. The molecule has 0 fully saturated rings. The molecule has 3 aromatic carbocycles. The summed E-state index contributed by atoms with van der Waals surface area (Å²) >= 11 is 8.93. The van der Waals surface area contributed by atoms with Crippen LogP contribution < -0.4 is 18.9 Å². The lowest BCUT2D eigenvalue weighted by Crippen LogP contribution is -2.02. The van der Waals surface area contributed by atoms with Gasteiger partial charge in [-0.05, 0) is 47.5 Å². The molecule has 0 amide bonds. The summed E-state index contributed by atoms with van der Waals surface area (Å²) in [5.41, 5.74) is 2.53. The molecule has 0 atom stereocenters. The van der Waals surface area contributed by atoms with E-state index in [9.17, 15) is 0 Å². The summed E-state index contributed by atoms with van der Waals surface area (Å²) in [7, 11) is 3.26. The van der Waals surface area contributed by atoms with Crippen molar-refractivity contribution in [3.05, 3.63) is 82.7 Å². The van der Waals surface area contributed by atoms with E-state index in [4.69, 9.17) is 35.1 Å². The van der Waals surface area contributed by atoms with Gasteiger partial charge in [-0.3, -0.25) is 0 Å². The summed E-state index contributed by atoms with van der Waals surface area (Å²) in [6, 6.07) is 18.9. The quantitative estimate of drug-likeness (QED) is 0.154. The van der Waals surface area contributed by atoms with Crippen LogP contribution in [0.5, 0.6) is 23.0 Å². The Bertz CT molecular complexity index is 1230. The maximum absolute atomic E-state index is 6.77. The normalized spacial score (nSPS) is 10.7. The predicted molar refractivity (Wildman–Crippen MR) is 137 cm³/mol. The number of ether oxygens (including phenoxy) is 4. The monoisotopic (exact) mass is 592 g/mol. The third-order valence-electron chi connectivity index (χ3n) is 4.98. The number of benzene rings is 3. The molecule has 0 aliphatic heterocycles. The largest absolute Gasteiger partial charge is 0.497 e. The fourth-order valence-corrected chi connectivity index (χ4v) is 3.74. The molecule has 0 N–H and O–H groups in total. The van der Waals surface area contributed by atoms with Crippen molar-refractivity contribution in [1.82, 2.24) is 10.1 Å². The van der Waals surface area contributed by atoms with Gasteiger partial charge in [-0.1, -0.05) is 63.6 Å². The van der Waals surface area contributed by atoms with Crippen molar-refractivity contribution in [3.8, 4) is 34.4 Å². The van der Waals surface area contributed by atoms with Crippen LogP contribution in [0, 0.1) is 0 Å². The van der Waals surface area contributed by atoms with E-state index in [1.165, 1.54) is 0 Å². The van der Waals surface area contributed by atoms with Gasteiger partial charge >= 0.3 is 0 Å². The van der Waals surface area contributed by atoms with Crippen molar-refractivity contribution in [2.45, 2.75) is 17.6 Å². The Kier molecular flexibility index (Phi) is 8.12. The number of hydrogen-bond acceptors (Lipinski definition) is 7. The van der Waals surface area contributed by atoms with Gasteiger partial charge in [0.05, 0.1) is 23.7 Å². The van der Waals surface area contributed by atoms with Crippen molar-refractivity contribution in [2.24, 2.45) is 0 Å². The lowest BCUT2D eigenvalue weighted by Gasteiger charge is -2.16. The maximum atomic E-state index is 6.77. The molecule has 1 aromatic heterocycles. The van der Waals surface area contributed by atoms with Gasteiger partial charge in [0.1, 0.15) is 24.7 Å². The molecule has 4 rings (SSSR count). The summed E-state index contributed by atoms with van der Waals surface area (Å²) < 4.78 is 28.5. The Morgan fingerprint density at radius 1 is 0.824 bits per heavy atom. The van der Waals surface area contributed by atoms with Crippen molar-refractivity contribution in [2.75, 3.05) is 14.2 Å². The Hall–Kier alpha value is -2.98. The average Bonchev–Trinajstić information content (AvgIpc) is 3.36. The van der Waals surface area contributed by atoms with Crippen LogP contribution in [-0.4, -0.2) is 24.4 Å². The standard InChI is InChI=1S/C25H22ClIN2O5/c1-30-18-7-3-16(4-8-18)14-32-21-12-11-20(25-28-22(13-27)34-29-25)23(26)24(21)33-15-17-5-9-19(31-2)10-6-17/h3-12H,13-15H2,1-2H3. The smallest absolute Gasteiger partial charge is 0.236 e. The molecular weight excluding hydrogens is 571 g/mol. The summed E-state index contributed by atoms with van der Waals surface area (Å²) in [6.07, 6.45) is 0. The fourth-order valence-electron chi connectivity index (χ4n) is 3.14. The van der Waals surface area contributed by atoms with Gasteiger partial charge in [0.25, 0.3) is 0 Å². The molecule has 0 bridgehead atoms. The Balaban J connectivity index is 1.60. The van der Waals surface area contributed by atoms with Gasteiger partial charge in [-0.25, -0.2) is 0 Å². The third-order valence-corrected chi connectivity index (χ3v) is 6.01. The number of halogens is 2. The topological polar surface area (TPSA) is 75.8 Å². The minimum atomic E-state index is 0.289. The molecule has 0 spiro atoms. The molecule has 4 aromatic rings. The second-order valence-electron chi connectivity index (χ2n) is 7.17. The average molecular weight is 593 g/mol. The molecule has 9 heteroatoms. The van der Waals surface area contributed by atoms with Crippen LogP contribution in [-0.2, 0) is 17.6 Å². The van der Waals surface area contributed by atoms with E-state index in [0.29, 0.717) is 44.8 Å². The predicted octanol–water partition coefficient (Wildman–Crippen LogP) is 6.50. The number of nitrogens with zero attached hydrogens (tertiary/aromatic N) is 2. The highest BCUT2D eigenvalue weighted by Crippen LogP contribution is 2.42. The highest BCUT2D eigenvalue weighted by molar-refractivity contribution is 14.1. The first kappa shape index (κ1) is 24.2. The lowest BCUT2D eigenvalue weighted by molar-refractivity contribution is 0.256. The Morgan fingerprint density at radius 3 is 1.94 bits per heavy atom. The second-order valence-corrected chi connectivity index (χ2v) is 8.31. The number of alkyl halides is 1. The van der Waals surface area contributed by atoms with Crippen LogP contribution >= 0.6 is 34.2 Å². The molecule has 0 radical (unpaired) electrons. The summed E-state index contributed by atoms with van der Waals surface area (Å²) in [4.78, 5) is 4.39. The highest BCUT2D eigenvalue weighted by Gasteiger charge is 2.20. The van der Waals surface area contributed by atoms with E-state index < -0.39 is 0 Å². The zero-order valence-corrected chi connectivity index (χ0v) is 21.5. The first-order valence-corrected chi connectivity index (χ1v) is 12.2. The van der Waals surface area contributed by atoms with Crippen molar-refractivity contribution in [3.63, 3.8) is 0 Å².